The molecule has 0 bridgehead atoms. The average molecular weight is 237 g/mol. The molecule has 0 spiro atoms. The topological polar surface area (TPSA) is 30.5 Å². The van der Waals surface area contributed by atoms with E-state index in [2.05, 4.69) is 18.3 Å². The van der Waals surface area contributed by atoms with Crippen molar-refractivity contribution in [1.82, 2.24) is 5.32 Å². The molecule has 0 saturated heterocycles. The van der Waals surface area contributed by atoms with E-state index in [1.807, 2.05) is 25.1 Å². The largest absolute Gasteiger partial charge is 0.496 e. The maximum absolute atomic E-state index is 5.35. The molecule has 0 fully saturated rings. The minimum Gasteiger partial charge on any atom is -0.496 e. The second-order valence-corrected chi connectivity index (χ2v) is 3.97. The average Bonchev–Trinajstić information content (AvgIpc) is 2.38. The molecular formula is C14H23NO2. The number of hydrogen-bond acceptors (Lipinski definition) is 3. The first-order valence-electron chi connectivity index (χ1n) is 6.23. The zero-order chi connectivity index (χ0) is 12.5. The van der Waals surface area contributed by atoms with Crippen LogP contribution in [0, 0.1) is 0 Å². The summed E-state index contributed by atoms with van der Waals surface area (Å²) in [7, 11) is 1.71. The Hall–Kier alpha value is -1.06. The summed E-state index contributed by atoms with van der Waals surface area (Å²) in [6, 6.07) is 8.42. The van der Waals surface area contributed by atoms with Crippen molar-refractivity contribution in [3.63, 3.8) is 0 Å². The fourth-order valence-electron chi connectivity index (χ4n) is 1.77. The summed E-state index contributed by atoms with van der Waals surface area (Å²) in [5.74, 6) is 0.942. The number of methoxy groups -OCH3 is 1. The van der Waals surface area contributed by atoms with Gasteiger partial charge in [0, 0.05) is 24.8 Å². The number of benzene rings is 1. The summed E-state index contributed by atoms with van der Waals surface area (Å²) in [6.45, 7) is 6.74. The molecule has 0 heterocycles. The summed E-state index contributed by atoms with van der Waals surface area (Å²) in [6.07, 6.45) is 1.04. The van der Waals surface area contributed by atoms with Gasteiger partial charge < -0.3 is 14.8 Å². The summed E-state index contributed by atoms with van der Waals surface area (Å²) < 4.78 is 10.6. The second kappa shape index (κ2) is 8.09. The lowest BCUT2D eigenvalue weighted by Gasteiger charge is -2.17. The maximum Gasteiger partial charge on any atom is 0.123 e. The highest BCUT2D eigenvalue weighted by Gasteiger charge is 2.09. The number of nitrogens with one attached hydrogen (secondary N) is 1. The van der Waals surface area contributed by atoms with Gasteiger partial charge in [0.05, 0.1) is 7.11 Å². The predicted molar refractivity (Wildman–Crippen MR) is 70.5 cm³/mol. The third-order valence-electron chi connectivity index (χ3n) is 2.73. The van der Waals surface area contributed by atoms with E-state index in [1.165, 1.54) is 5.56 Å². The minimum absolute atomic E-state index is 0.299. The summed E-state index contributed by atoms with van der Waals surface area (Å²) in [4.78, 5) is 0. The van der Waals surface area contributed by atoms with Crippen molar-refractivity contribution in [2.75, 3.05) is 26.9 Å². The van der Waals surface area contributed by atoms with Crippen molar-refractivity contribution in [2.24, 2.45) is 0 Å². The van der Waals surface area contributed by atoms with Crippen LogP contribution >= 0.6 is 0 Å². The van der Waals surface area contributed by atoms with E-state index < -0.39 is 0 Å². The van der Waals surface area contributed by atoms with E-state index in [0.717, 1.165) is 31.9 Å². The Kier molecular flexibility index (Phi) is 6.67. The Morgan fingerprint density at radius 3 is 2.76 bits per heavy atom. The molecule has 0 aliphatic carbocycles. The van der Waals surface area contributed by atoms with Crippen LogP contribution in [-0.4, -0.2) is 26.9 Å². The molecule has 0 aliphatic rings. The molecule has 1 atom stereocenters. The van der Waals surface area contributed by atoms with Crippen LogP contribution in [0.25, 0.3) is 0 Å². The van der Waals surface area contributed by atoms with Gasteiger partial charge in [-0.2, -0.15) is 0 Å². The molecule has 17 heavy (non-hydrogen) atoms. The Balaban J connectivity index is 2.38. The van der Waals surface area contributed by atoms with Crippen LogP contribution in [0.5, 0.6) is 5.75 Å². The lowest BCUT2D eigenvalue weighted by atomic mass is 10.1. The van der Waals surface area contributed by atoms with Crippen molar-refractivity contribution in [3.8, 4) is 5.75 Å². The predicted octanol–water partition coefficient (Wildman–Crippen LogP) is 2.77. The Bertz CT molecular complexity index is 315. The molecule has 1 aromatic rings. The Morgan fingerprint density at radius 2 is 2.06 bits per heavy atom. The van der Waals surface area contributed by atoms with Crippen molar-refractivity contribution in [3.05, 3.63) is 29.8 Å². The number of rotatable bonds is 8. The molecule has 0 aromatic heterocycles. The normalized spacial score (nSPS) is 12.4. The summed E-state index contributed by atoms with van der Waals surface area (Å²) in [5, 5.41) is 3.47. The second-order valence-electron chi connectivity index (χ2n) is 3.97. The smallest absolute Gasteiger partial charge is 0.123 e. The van der Waals surface area contributed by atoms with E-state index in [4.69, 9.17) is 9.47 Å². The molecule has 1 aromatic carbocycles. The number of para-hydroxylation sites is 1. The maximum atomic E-state index is 5.35. The van der Waals surface area contributed by atoms with Crippen molar-refractivity contribution < 1.29 is 9.47 Å². The zero-order valence-corrected chi connectivity index (χ0v) is 11.0. The van der Waals surface area contributed by atoms with Gasteiger partial charge >= 0.3 is 0 Å². The van der Waals surface area contributed by atoms with Crippen LogP contribution in [0.2, 0.25) is 0 Å². The fraction of sp³-hybridized carbons (Fsp3) is 0.571. The van der Waals surface area contributed by atoms with Crippen LogP contribution in [0.1, 0.15) is 31.9 Å². The van der Waals surface area contributed by atoms with Crippen LogP contribution in [0.15, 0.2) is 24.3 Å². The monoisotopic (exact) mass is 237 g/mol. The van der Waals surface area contributed by atoms with Gasteiger partial charge in [0.1, 0.15) is 5.75 Å². The van der Waals surface area contributed by atoms with Crippen LogP contribution in [0.4, 0.5) is 0 Å². The molecule has 0 amide bonds. The first kappa shape index (κ1) is 14.0. The molecule has 3 nitrogen and oxygen atoms in total. The molecular weight excluding hydrogens is 214 g/mol. The van der Waals surface area contributed by atoms with E-state index in [1.54, 1.807) is 7.11 Å². The Labute approximate surface area is 104 Å². The summed E-state index contributed by atoms with van der Waals surface area (Å²) >= 11 is 0. The van der Waals surface area contributed by atoms with Crippen molar-refractivity contribution in [1.29, 1.82) is 0 Å². The van der Waals surface area contributed by atoms with Crippen LogP contribution in [0.3, 0.4) is 0 Å². The lowest BCUT2D eigenvalue weighted by Crippen LogP contribution is -2.21. The molecule has 96 valence electrons. The molecule has 0 radical (unpaired) electrons. The van der Waals surface area contributed by atoms with E-state index in [-0.39, 0.29) is 0 Å². The SMILES string of the molecule is CCOCCCN[C@@H](C)c1ccccc1OC. The summed E-state index contributed by atoms with van der Waals surface area (Å²) in [5.41, 5.74) is 1.20. The highest BCUT2D eigenvalue weighted by Crippen LogP contribution is 2.23. The number of ether oxygens (including phenoxy) is 2. The van der Waals surface area contributed by atoms with Crippen LogP contribution in [-0.2, 0) is 4.74 Å². The van der Waals surface area contributed by atoms with Gasteiger partial charge in [-0.05, 0) is 32.9 Å². The van der Waals surface area contributed by atoms with E-state index in [0.29, 0.717) is 6.04 Å². The first-order valence-corrected chi connectivity index (χ1v) is 6.23. The van der Waals surface area contributed by atoms with Gasteiger partial charge in [0.15, 0.2) is 0 Å². The fourth-order valence-corrected chi connectivity index (χ4v) is 1.77. The standard InChI is InChI=1S/C14H23NO2/c1-4-17-11-7-10-15-12(2)13-8-5-6-9-14(13)16-3/h5-6,8-9,12,15H,4,7,10-11H2,1-3H3/t12-/m0/s1. The van der Waals surface area contributed by atoms with Gasteiger partial charge in [-0.25, -0.2) is 0 Å². The van der Waals surface area contributed by atoms with Crippen molar-refractivity contribution >= 4 is 0 Å². The molecule has 0 unspecified atom stereocenters. The minimum atomic E-state index is 0.299. The highest BCUT2D eigenvalue weighted by atomic mass is 16.5. The van der Waals surface area contributed by atoms with Gasteiger partial charge in [-0.3, -0.25) is 0 Å². The highest BCUT2D eigenvalue weighted by molar-refractivity contribution is 5.35. The van der Waals surface area contributed by atoms with Gasteiger partial charge in [0.2, 0.25) is 0 Å². The van der Waals surface area contributed by atoms with Gasteiger partial charge in [0.25, 0.3) is 0 Å². The Morgan fingerprint density at radius 1 is 1.29 bits per heavy atom. The van der Waals surface area contributed by atoms with Gasteiger partial charge in [-0.15, -0.1) is 0 Å². The third kappa shape index (κ3) is 4.75. The van der Waals surface area contributed by atoms with E-state index in [9.17, 15) is 0 Å². The molecule has 0 aliphatic heterocycles. The van der Waals surface area contributed by atoms with Gasteiger partial charge in [-0.1, -0.05) is 18.2 Å². The third-order valence-corrected chi connectivity index (χ3v) is 2.73. The van der Waals surface area contributed by atoms with E-state index >= 15 is 0 Å². The van der Waals surface area contributed by atoms with Crippen LogP contribution < -0.4 is 10.1 Å². The first-order chi connectivity index (χ1) is 8.29. The molecule has 1 N–H and O–H groups in total. The molecule has 3 heteroatoms. The lowest BCUT2D eigenvalue weighted by molar-refractivity contribution is 0.144. The molecule has 1 rings (SSSR count). The quantitative estimate of drug-likeness (QED) is 0.705. The molecule has 0 saturated carbocycles. The zero-order valence-electron chi connectivity index (χ0n) is 11.0. The number of hydrogen-bond donors (Lipinski definition) is 1. The van der Waals surface area contributed by atoms with Crippen molar-refractivity contribution in [2.45, 2.75) is 26.3 Å².